The Kier molecular flexibility index (Phi) is 31.5. The van der Waals surface area contributed by atoms with E-state index in [0.29, 0.717) is 25.7 Å². The van der Waals surface area contributed by atoms with E-state index in [2.05, 4.69) is 26.8 Å². The third kappa shape index (κ3) is 31.0. The number of allylic oxidation sites excluding steroid dienone is 1. The van der Waals surface area contributed by atoms with E-state index in [-0.39, 0.29) is 31.6 Å². The number of aliphatic hydroxyl groups excluding tert-OH is 3. The summed E-state index contributed by atoms with van der Waals surface area (Å²) in [6.07, 6.45) is 27.1. The number of ether oxygens (including phenoxy) is 2. The molecule has 0 saturated carbocycles. The fraction of sp³-hybridized carbons (Fsp3) is 0.895. The Morgan fingerprint density at radius 3 is 1.53 bits per heavy atom. The number of hydrogen-bond donors (Lipinski definition) is 3. The monoisotopic (exact) mass is 641 g/mol. The summed E-state index contributed by atoms with van der Waals surface area (Å²) < 4.78 is 10.3. The molecule has 0 fully saturated rings. The van der Waals surface area contributed by atoms with E-state index in [0.717, 1.165) is 57.3 Å². The topological polar surface area (TPSA) is 113 Å². The van der Waals surface area contributed by atoms with Crippen LogP contribution >= 0.6 is 0 Å². The van der Waals surface area contributed by atoms with E-state index < -0.39 is 18.3 Å². The summed E-state index contributed by atoms with van der Waals surface area (Å²) in [7, 11) is 0. The zero-order valence-electron chi connectivity index (χ0n) is 29.5. The molecule has 0 saturated heterocycles. The minimum Gasteiger partial charge on any atom is -0.463 e. The van der Waals surface area contributed by atoms with Crippen molar-refractivity contribution in [3.05, 3.63) is 12.2 Å². The molecule has 266 valence electrons. The Morgan fingerprint density at radius 1 is 0.578 bits per heavy atom. The molecule has 1 unspecified atom stereocenters. The summed E-state index contributed by atoms with van der Waals surface area (Å²) >= 11 is 0. The zero-order valence-corrected chi connectivity index (χ0v) is 29.5. The van der Waals surface area contributed by atoms with Gasteiger partial charge in [-0.25, -0.2) is 0 Å². The van der Waals surface area contributed by atoms with Crippen molar-refractivity contribution in [2.45, 2.75) is 200 Å². The van der Waals surface area contributed by atoms with E-state index in [4.69, 9.17) is 9.47 Å². The molecule has 0 aliphatic rings. The Bertz CT molecular complexity index is 696. The minimum atomic E-state index is -1.01. The van der Waals surface area contributed by atoms with Crippen molar-refractivity contribution in [2.24, 2.45) is 5.92 Å². The summed E-state index contributed by atoms with van der Waals surface area (Å²) in [6.45, 7) is 6.47. The lowest BCUT2D eigenvalue weighted by molar-refractivity contribution is -0.152. The second kappa shape index (κ2) is 32.5. The first-order chi connectivity index (χ1) is 21.8. The van der Waals surface area contributed by atoms with Gasteiger partial charge >= 0.3 is 11.9 Å². The molecule has 0 radical (unpaired) electrons. The highest BCUT2D eigenvalue weighted by molar-refractivity contribution is 5.69. The maximum atomic E-state index is 12.0. The van der Waals surface area contributed by atoms with Crippen LogP contribution in [0.2, 0.25) is 0 Å². The van der Waals surface area contributed by atoms with E-state index in [1.165, 1.54) is 77.0 Å². The van der Waals surface area contributed by atoms with Gasteiger partial charge in [0.05, 0.1) is 12.2 Å². The molecule has 0 aromatic heterocycles. The van der Waals surface area contributed by atoms with Crippen LogP contribution in [0, 0.1) is 5.92 Å². The number of rotatable bonds is 33. The van der Waals surface area contributed by atoms with Crippen LogP contribution in [0.1, 0.15) is 181 Å². The van der Waals surface area contributed by atoms with Gasteiger partial charge in [0.15, 0.2) is 0 Å². The Hall–Kier alpha value is -1.44. The first-order valence-corrected chi connectivity index (χ1v) is 18.8. The molecular formula is C38H72O7. The van der Waals surface area contributed by atoms with Crippen molar-refractivity contribution >= 4 is 11.9 Å². The van der Waals surface area contributed by atoms with Crippen molar-refractivity contribution in [1.82, 2.24) is 0 Å². The van der Waals surface area contributed by atoms with Gasteiger partial charge in [0, 0.05) is 12.8 Å². The SMILES string of the molecule is CCCCC/C=C\C[C@@H](O)[C@H](O)CCCCCCCC(=O)OC[C@H](O)COC(=O)CCCCCCCCCCCCC(C)CC. The highest BCUT2D eigenvalue weighted by atomic mass is 16.6. The largest absolute Gasteiger partial charge is 0.463 e. The van der Waals surface area contributed by atoms with Gasteiger partial charge in [-0.1, -0.05) is 142 Å². The molecule has 7 nitrogen and oxygen atoms in total. The molecule has 0 aromatic carbocycles. The molecule has 0 amide bonds. The molecule has 7 heteroatoms. The van der Waals surface area contributed by atoms with Gasteiger partial charge in [0.25, 0.3) is 0 Å². The van der Waals surface area contributed by atoms with Gasteiger partial charge in [0.1, 0.15) is 19.3 Å². The molecule has 0 aromatic rings. The summed E-state index contributed by atoms with van der Waals surface area (Å²) in [5, 5.41) is 30.2. The van der Waals surface area contributed by atoms with Crippen molar-refractivity contribution in [3.63, 3.8) is 0 Å². The minimum absolute atomic E-state index is 0.154. The number of carbonyl (C=O) groups excluding carboxylic acids is 2. The van der Waals surface area contributed by atoms with Crippen molar-refractivity contribution in [1.29, 1.82) is 0 Å². The number of aliphatic hydroxyl groups is 3. The van der Waals surface area contributed by atoms with E-state index in [9.17, 15) is 24.9 Å². The predicted molar refractivity (Wildman–Crippen MR) is 185 cm³/mol. The molecule has 0 aliphatic heterocycles. The molecular weight excluding hydrogens is 568 g/mol. The molecule has 0 spiro atoms. The Balaban J connectivity index is 3.56. The molecule has 3 N–H and O–H groups in total. The van der Waals surface area contributed by atoms with Gasteiger partial charge in [-0.05, 0) is 44.4 Å². The molecule has 45 heavy (non-hydrogen) atoms. The fourth-order valence-electron chi connectivity index (χ4n) is 5.32. The number of hydrogen-bond acceptors (Lipinski definition) is 7. The maximum Gasteiger partial charge on any atom is 0.305 e. The lowest BCUT2D eigenvalue weighted by Crippen LogP contribution is -2.25. The predicted octanol–water partition coefficient (Wildman–Crippen LogP) is 9.14. The lowest BCUT2D eigenvalue weighted by Gasteiger charge is -2.16. The normalized spacial score (nSPS) is 14.4. The van der Waals surface area contributed by atoms with Gasteiger partial charge in [-0.3, -0.25) is 9.59 Å². The van der Waals surface area contributed by atoms with E-state index in [1.807, 2.05) is 6.08 Å². The quantitative estimate of drug-likeness (QED) is 0.0372. The van der Waals surface area contributed by atoms with Crippen LogP contribution in [-0.2, 0) is 19.1 Å². The summed E-state index contributed by atoms with van der Waals surface area (Å²) in [5.74, 6) is 0.200. The number of esters is 2. The lowest BCUT2D eigenvalue weighted by atomic mass is 9.99. The average molecular weight is 641 g/mol. The first-order valence-electron chi connectivity index (χ1n) is 18.8. The van der Waals surface area contributed by atoms with E-state index >= 15 is 0 Å². The molecule has 4 atom stereocenters. The average Bonchev–Trinajstić information content (AvgIpc) is 3.03. The summed E-state index contributed by atoms with van der Waals surface area (Å²) in [5.41, 5.74) is 0. The van der Waals surface area contributed by atoms with Crippen LogP contribution in [0.3, 0.4) is 0 Å². The molecule has 0 rings (SSSR count). The Labute approximate surface area is 276 Å². The van der Waals surface area contributed by atoms with Crippen LogP contribution in [0.15, 0.2) is 12.2 Å². The van der Waals surface area contributed by atoms with Crippen molar-refractivity contribution < 1.29 is 34.4 Å². The van der Waals surface area contributed by atoms with Crippen LogP contribution < -0.4 is 0 Å². The highest BCUT2D eigenvalue weighted by Gasteiger charge is 2.14. The molecule has 0 heterocycles. The van der Waals surface area contributed by atoms with Gasteiger partial charge in [-0.15, -0.1) is 0 Å². The third-order valence-corrected chi connectivity index (χ3v) is 8.74. The van der Waals surface area contributed by atoms with Gasteiger partial charge in [0.2, 0.25) is 0 Å². The Morgan fingerprint density at radius 2 is 1.04 bits per heavy atom. The summed E-state index contributed by atoms with van der Waals surface area (Å²) in [4.78, 5) is 23.9. The van der Waals surface area contributed by atoms with Gasteiger partial charge < -0.3 is 24.8 Å². The second-order valence-corrected chi connectivity index (χ2v) is 13.3. The molecule has 0 bridgehead atoms. The van der Waals surface area contributed by atoms with Gasteiger partial charge in [-0.2, -0.15) is 0 Å². The van der Waals surface area contributed by atoms with Crippen LogP contribution in [0.25, 0.3) is 0 Å². The zero-order chi connectivity index (χ0) is 33.4. The smallest absolute Gasteiger partial charge is 0.305 e. The highest BCUT2D eigenvalue weighted by Crippen LogP contribution is 2.16. The fourth-order valence-corrected chi connectivity index (χ4v) is 5.32. The molecule has 0 aliphatic carbocycles. The van der Waals surface area contributed by atoms with Crippen LogP contribution in [0.5, 0.6) is 0 Å². The standard InChI is InChI=1S/C38H72O7/c1-4-6-7-8-17-22-27-35(40)36(41)28-23-18-15-20-25-30-38(43)45-32-34(39)31-44-37(42)29-24-19-14-12-10-9-11-13-16-21-26-33(3)5-2/h17,22,33-36,39-41H,4-16,18-21,23-32H2,1-3H3/b22-17-/t33?,34-,35-,36-/m1/s1. The summed E-state index contributed by atoms with van der Waals surface area (Å²) in [6, 6.07) is 0. The number of unbranched alkanes of at least 4 members (excludes halogenated alkanes) is 16. The van der Waals surface area contributed by atoms with Crippen LogP contribution in [0.4, 0.5) is 0 Å². The van der Waals surface area contributed by atoms with Crippen molar-refractivity contribution in [3.8, 4) is 0 Å². The van der Waals surface area contributed by atoms with Crippen LogP contribution in [-0.4, -0.2) is 58.8 Å². The van der Waals surface area contributed by atoms with Crippen molar-refractivity contribution in [2.75, 3.05) is 13.2 Å². The third-order valence-electron chi connectivity index (χ3n) is 8.74. The first kappa shape index (κ1) is 43.6. The maximum absolute atomic E-state index is 12.0. The van der Waals surface area contributed by atoms with E-state index in [1.54, 1.807) is 0 Å². The second-order valence-electron chi connectivity index (χ2n) is 13.3. The number of carbonyl (C=O) groups is 2.